The maximum absolute atomic E-state index is 6.03. The van der Waals surface area contributed by atoms with Crippen LogP contribution in [0.2, 0.25) is 0 Å². The van der Waals surface area contributed by atoms with Gasteiger partial charge in [-0.05, 0) is 32.0 Å². The van der Waals surface area contributed by atoms with Crippen LogP contribution in [-0.4, -0.2) is 33.4 Å². The predicted molar refractivity (Wildman–Crippen MR) is 76.9 cm³/mol. The molecule has 0 aliphatic heterocycles. The van der Waals surface area contributed by atoms with Gasteiger partial charge in [0.25, 0.3) is 0 Å². The van der Waals surface area contributed by atoms with E-state index in [1.165, 1.54) is 25.7 Å². The summed E-state index contributed by atoms with van der Waals surface area (Å²) in [5.74, 6) is 0. The lowest BCUT2D eigenvalue weighted by molar-refractivity contribution is 0.122. The van der Waals surface area contributed by atoms with Gasteiger partial charge in [0.05, 0.1) is 5.69 Å². The van der Waals surface area contributed by atoms with Crippen LogP contribution < -0.4 is 5.73 Å². The number of fused-ring (bicyclic) bond motifs is 1. The molecule has 2 aromatic heterocycles. The number of pyridine rings is 1. The smallest absolute Gasteiger partial charge is 0.137 e. The third-order valence-electron chi connectivity index (χ3n) is 4.54. The fraction of sp³-hybridized carbons (Fsp3) is 0.533. The third kappa shape index (κ3) is 2.26. The molecule has 0 unspecified atom stereocenters. The van der Waals surface area contributed by atoms with Crippen LogP contribution in [0.1, 0.15) is 31.4 Å². The number of nitrogens with two attached hydrogens (primary N) is 1. The van der Waals surface area contributed by atoms with E-state index in [-0.39, 0.29) is 5.54 Å². The summed E-state index contributed by atoms with van der Waals surface area (Å²) in [5.41, 5.74) is 8.35. The molecule has 0 amide bonds. The van der Waals surface area contributed by atoms with Crippen molar-refractivity contribution in [2.45, 2.75) is 37.8 Å². The lowest BCUT2D eigenvalue weighted by Crippen LogP contribution is -2.49. The molecule has 1 aliphatic carbocycles. The van der Waals surface area contributed by atoms with Gasteiger partial charge in [-0.2, -0.15) is 0 Å². The minimum absolute atomic E-state index is 0.190. The fourth-order valence-electron chi connectivity index (χ4n) is 3.25. The number of hydrogen-bond acceptors (Lipinski definition) is 3. The minimum atomic E-state index is 0.190. The van der Waals surface area contributed by atoms with Gasteiger partial charge in [0.1, 0.15) is 5.65 Å². The van der Waals surface area contributed by atoms with Crippen LogP contribution in [0.3, 0.4) is 0 Å². The fourth-order valence-corrected chi connectivity index (χ4v) is 3.25. The number of likely N-dealkylation sites (N-methyl/N-ethyl adjacent to an activating group) is 1. The Morgan fingerprint density at radius 2 is 2.16 bits per heavy atom. The number of imidazole rings is 1. The van der Waals surface area contributed by atoms with Gasteiger partial charge in [-0.15, -0.1) is 0 Å². The topological polar surface area (TPSA) is 46.6 Å². The summed E-state index contributed by atoms with van der Waals surface area (Å²) in [4.78, 5) is 7.07. The molecule has 3 rings (SSSR count). The van der Waals surface area contributed by atoms with E-state index in [1.54, 1.807) is 0 Å². The van der Waals surface area contributed by atoms with Crippen LogP contribution >= 0.6 is 0 Å². The second-order valence-corrected chi connectivity index (χ2v) is 5.69. The van der Waals surface area contributed by atoms with Gasteiger partial charge in [0.2, 0.25) is 0 Å². The number of rotatable bonds is 4. The predicted octanol–water partition coefficient (Wildman–Crippen LogP) is 2.04. The Bertz CT molecular complexity index is 521. The monoisotopic (exact) mass is 258 g/mol. The Morgan fingerprint density at radius 3 is 2.84 bits per heavy atom. The van der Waals surface area contributed by atoms with Crippen LogP contribution in [0.25, 0.3) is 5.65 Å². The van der Waals surface area contributed by atoms with E-state index in [4.69, 9.17) is 5.73 Å². The first kappa shape index (κ1) is 12.6. The van der Waals surface area contributed by atoms with Gasteiger partial charge in [0.15, 0.2) is 0 Å². The van der Waals surface area contributed by atoms with Crippen LogP contribution in [0.4, 0.5) is 0 Å². The van der Waals surface area contributed by atoms with Crippen LogP contribution in [0.15, 0.2) is 30.6 Å². The average Bonchev–Trinajstić information content (AvgIpc) is 3.05. The summed E-state index contributed by atoms with van der Waals surface area (Å²) in [6, 6.07) is 6.09. The maximum Gasteiger partial charge on any atom is 0.137 e. The van der Waals surface area contributed by atoms with Crippen molar-refractivity contribution in [3.63, 3.8) is 0 Å². The Morgan fingerprint density at radius 1 is 1.37 bits per heavy atom. The summed E-state index contributed by atoms with van der Waals surface area (Å²) in [6.07, 6.45) is 9.19. The van der Waals surface area contributed by atoms with E-state index >= 15 is 0 Å². The van der Waals surface area contributed by atoms with Gasteiger partial charge in [-0.25, -0.2) is 4.98 Å². The zero-order valence-electron chi connectivity index (χ0n) is 11.5. The number of aromatic nitrogens is 2. The number of nitrogens with zero attached hydrogens (tertiary/aromatic N) is 3. The Hall–Kier alpha value is -1.39. The number of hydrogen-bond donors (Lipinski definition) is 1. The molecule has 2 aromatic rings. The molecular weight excluding hydrogens is 236 g/mol. The second kappa shape index (κ2) is 4.94. The molecule has 0 atom stereocenters. The van der Waals surface area contributed by atoms with Crippen molar-refractivity contribution in [2.75, 3.05) is 13.6 Å². The summed E-state index contributed by atoms with van der Waals surface area (Å²) in [5, 5.41) is 0. The van der Waals surface area contributed by atoms with Crippen molar-refractivity contribution in [1.82, 2.24) is 14.3 Å². The molecule has 2 heterocycles. The highest BCUT2D eigenvalue weighted by Crippen LogP contribution is 2.34. The average molecular weight is 258 g/mol. The zero-order chi connectivity index (χ0) is 13.3. The van der Waals surface area contributed by atoms with Gasteiger partial charge >= 0.3 is 0 Å². The first-order chi connectivity index (χ1) is 9.23. The molecule has 1 fully saturated rings. The van der Waals surface area contributed by atoms with Crippen LogP contribution in [0.5, 0.6) is 0 Å². The zero-order valence-corrected chi connectivity index (χ0v) is 11.5. The molecule has 2 N–H and O–H groups in total. The molecule has 0 spiro atoms. The maximum atomic E-state index is 6.03. The summed E-state index contributed by atoms with van der Waals surface area (Å²) in [6.45, 7) is 1.62. The molecule has 0 saturated heterocycles. The Balaban J connectivity index is 1.80. The summed E-state index contributed by atoms with van der Waals surface area (Å²) >= 11 is 0. The van der Waals surface area contributed by atoms with E-state index in [2.05, 4.69) is 27.5 Å². The van der Waals surface area contributed by atoms with E-state index in [1.807, 2.05) is 24.4 Å². The molecule has 102 valence electrons. The Labute approximate surface area is 114 Å². The van der Waals surface area contributed by atoms with E-state index in [0.29, 0.717) is 0 Å². The van der Waals surface area contributed by atoms with Gasteiger partial charge < -0.3 is 10.1 Å². The molecule has 0 radical (unpaired) electrons. The molecule has 1 saturated carbocycles. The van der Waals surface area contributed by atoms with Gasteiger partial charge in [-0.3, -0.25) is 4.90 Å². The standard InChI is InChI=1S/C15H22N4/c1-18(15(12-16)7-3-4-8-15)10-13-11-19-9-5-2-6-14(19)17-13/h2,5-6,9,11H,3-4,7-8,10,12,16H2,1H3. The molecule has 4 heteroatoms. The van der Waals surface area contributed by atoms with Crippen molar-refractivity contribution in [2.24, 2.45) is 5.73 Å². The van der Waals surface area contributed by atoms with Crippen molar-refractivity contribution in [1.29, 1.82) is 0 Å². The molecule has 19 heavy (non-hydrogen) atoms. The quantitative estimate of drug-likeness (QED) is 0.913. The largest absolute Gasteiger partial charge is 0.329 e. The first-order valence-electron chi connectivity index (χ1n) is 7.07. The van der Waals surface area contributed by atoms with Gasteiger partial charge in [0, 0.05) is 31.0 Å². The first-order valence-corrected chi connectivity index (χ1v) is 7.07. The third-order valence-corrected chi connectivity index (χ3v) is 4.54. The van der Waals surface area contributed by atoms with E-state index < -0.39 is 0 Å². The van der Waals surface area contributed by atoms with Crippen molar-refractivity contribution in [3.05, 3.63) is 36.3 Å². The summed E-state index contributed by atoms with van der Waals surface area (Å²) in [7, 11) is 2.18. The highest BCUT2D eigenvalue weighted by atomic mass is 15.2. The molecule has 4 nitrogen and oxygen atoms in total. The molecule has 0 aromatic carbocycles. The van der Waals surface area contributed by atoms with Crippen molar-refractivity contribution in [3.8, 4) is 0 Å². The normalized spacial score (nSPS) is 18.5. The minimum Gasteiger partial charge on any atom is -0.329 e. The Kier molecular flexibility index (Phi) is 3.29. The van der Waals surface area contributed by atoms with Crippen LogP contribution in [0, 0.1) is 0 Å². The van der Waals surface area contributed by atoms with E-state index in [0.717, 1.165) is 24.4 Å². The van der Waals surface area contributed by atoms with Crippen molar-refractivity contribution < 1.29 is 0 Å². The highest BCUT2D eigenvalue weighted by molar-refractivity contribution is 5.39. The molecular formula is C15H22N4. The molecule has 0 bridgehead atoms. The molecule has 1 aliphatic rings. The summed E-state index contributed by atoms with van der Waals surface area (Å²) < 4.78 is 2.08. The van der Waals surface area contributed by atoms with Crippen molar-refractivity contribution >= 4 is 5.65 Å². The lowest BCUT2D eigenvalue weighted by Gasteiger charge is -2.37. The van der Waals surface area contributed by atoms with Gasteiger partial charge in [-0.1, -0.05) is 18.9 Å². The SMILES string of the molecule is CN(Cc1cn2ccccc2n1)C1(CN)CCCC1. The van der Waals surface area contributed by atoms with E-state index in [9.17, 15) is 0 Å². The second-order valence-electron chi connectivity index (χ2n) is 5.69. The lowest BCUT2D eigenvalue weighted by atomic mass is 9.95. The highest BCUT2D eigenvalue weighted by Gasteiger charge is 2.36. The van der Waals surface area contributed by atoms with Crippen LogP contribution in [-0.2, 0) is 6.54 Å².